The molecule has 3 amide bonds. The van der Waals surface area contributed by atoms with Crippen molar-refractivity contribution in [3.63, 3.8) is 0 Å². The van der Waals surface area contributed by atoms with Gasteiger partial charge >= 0.3 is 0 Å². The molecule has 1 fully saturated rings. The Morgan fingerprint density at radius 3 is 2.53 bits per heavy atom. The Morgan fingerprint density at radius 1 is 1.07 bits per heavy atom. The zero-order chi connectivity index (χ0) is 20.4. The molecule has 2 aromatic rings. The minimum absolute atomic E-state index is 0. The number of nitrogens with one attached hydrogen (secondary N) is 1. The fourth-order valence-corrected chi connectivity index (χ4v) is 4.23. The van der Waals surface area contributed by atoms with Gasteiger partial charge in [0.15, 0.2) is 0 Å². The molecule has 2 heterocycles. The summed E-state index contributed by atoms with van der Waals surface area (Å²) in [6, 6.07) is 14.8. The molecule has 0 bridgehead atoms. The number of rotatable bonds is 6. The molecule has 0 radical (unpaired) electrons. The lowest BCUT2D eigenvalue weighted by Crippen LogP contribution is -2.40. The number of fused-ring (bicyclic) bond motifs is 1. The lowest BCUT2D eigenvalue weighted by atomic mass is 10.0. The van der Waals surface area contributed by atoms with Crippen molar-refractivity contribution < 1.29 is 14.4 Å². The van der Waals surface area contributed by atoms with Crippen LogP contribution in [-0.2, 0) is 6.42 Å². The molecule has 1 saturated heterocycles. The van der Waals surface area contributed by atoms with Crippen LogP contribution in [-0.4, -0.2) is 60.2 Å². The maximum absolute atomic E-state index is 13.0. The van der Waals surface area contributed by atoms with Gasteiger partial charge in [0.25, 0.3) is 17.7 Å². The normalized spacial score (nSPS) is 17.8. The molecule has 2 aliphatic heterocycles. The summed E-state index contributed by atoms with van der Waals surface area (Å²) < 4.78 is 0. The molecule has 7 heteroatoms. The second kappa shape index (κ2) is 9.41. The van der Waals surface area contributed by atoms with Crippen LogP contribution in [0.25, 0.3) is 0 Å². The smallest absolute Gasteiger partial charge is 0.261 e. The average Bonchev–Trinajstić information content (AvgIpc) is 3.30. The van der Waals surface area contributed by atoms with Gasteiger partial charge in [0, 0.05) is 31.2 Å². The lowest BCUT2D eigenvalue weighted by molar-refractivity contribution is 0.0655. The largest absolute Gasteiger partial charge is 0.334 e. The monoisotopic (exact) mass is 427 g/mol. The molecule has 0 aromatic heterocycles. The Labute approximate surface area is 182 Å². The number of carbonyl (C=O) groups is 3. The van der Waals surface area contributed by atoms with Crippen molar-refractivity contribution in [3.05, 3.63) is 70.8 Å². The van der Waals surface area contributed by atoms with Crippen molar-refractivity contribution >= 4 is 30.1 Å². The van der Waals surface area contributed by atoms with Crippen LogP contribution < -0.4 is 5.32 Å². The maximum atomic E-state index is 13.0. The summed E-state index contributed by atoms with van der Waals surface area (Å²) in [5, 5.41) is 3.13. The van der Waals surface area contributed by atoms with E-state index in [0.29, 0.717) is 29.7 Å². The van der Waals surface area contributed by atoms with Crippen molar-refractivity contribution in [1.82, 2.24) is 15.1 Å². The number of likely N-dealkylation sites (N-methyl/N-ethyl adjacent to an activating group) is 1. The number of likely N-dealkylation sites (tertiary alicyclic amines) is 1. The first-order valence-corrected chi connectivity index (χ1v) is 10.1. The molecule has 1 N–H and O–H groups in total. The van der Waals surface area contributed by atoms with Gasteiger partial charge < -0.3 is 10.2 Å². The summed E-state index contributed by atoms with van der Waals surface area (Å²) in [4.78, 5) is 41.7. The molecular formula is C23H26ClN3O3. The third kappa shape index (κ3) is 4.11. The first kappa shape index (κ1) is 22.0. The van der Waals surface area contributed by atoms with Gasteiger partial charge in [-0.25, -0.2) is 0 Å². The minimum Gasteiger partial charge on any atom is -0.334 e. The van der Waals surface area contributed by atoms with Crippen LogP contribution in [0.15, 0.2) is 48.5 Å². The highest BCUT2D eigenvalue weighted by Crippen LogP contribution is 2.26. The van der Waals surface area contributed by atoms with Gasteiger partial charge in [-0.15, -0.1) is 12.4 Å². The van der Waals surface area contributed by atoms with Gasteiger partial charge in [0.1, 0.15) is 0 Å². The lowest BCUT2D eigenvalue weighted by Gasteiger charge is -2.24. The zero-order valence-electron chi connectivity index (χ0n) is 17.0. The van der Waals surface area contributed by atoms with Crippen molar-refractivity contribution in [2.45, 2.75) is 25.3 Å². The molecular weight excluding hydrogens is 402 g/mol. The molecule has 1 unspecified atom stereocenters. The van der Waals surface area contributed by atoms with Crippen molar-refractivity contribution in [2.75, 3.05) is 26.7 Å². The van der Waals surface area contributed by atoms with E-state index in [4.69, 9.17) is 0 Å². The van der Waals surface area contributed by atoms with Crippen LogP contribution in [0.2, 0.25) is 0 Å². The molecule has 1 atom stereocenters. The van der Waals surface area contributed by atoms with Crippen LogP contribution in [0.5, 0.6) is 0 Å². The first-order chi connectivity index (χ1) is 14.1. The fraction of sp³-hybridized carbons (Fsp3) is 0.348. The Hall–Kier alpha value is -2.70. The molecule has 0 spiro atoms. The summed E-state index contributed by atoms with van der Waals surface area (Å²) in [5.41, 5.74) is 2.26. The van der Waals surface area contributed by atoms with Gasteiger partial charge in [0.05, 0.1) is 11.1 Å². The highest BCUT2D eigenvalue weighted by Gasteiger charge is 2.36. The summed E-state index contributed by atoms with van der Waals surface area (Å²) in [7, 11) is 1.88. The fourth-order valence-electron chi connectivity index (χ4n) is 4.23. The van der Waals surface area contributed by atoms with Gasteiger partial charge in [0.2, 0.25) is 0 Å². The summed E-state index contributed by atoms with van der Waals surface area (Å²) in [6.07, 6.45) is 2.56. The number of nitrogens with zero attached hydrogens (tertiary/aromatic N) is 2. The molecule has 6 nitrogen and oxygen atoms in total. The first-order valence-electron chi connectivity index (χ1n) is 10.1. The predicted octanol–water partition coefficient (Wildman–Crippen LogP) is 2.77. The van der Waals surface area contributed by atoms with E-state index in [1.807, 2.05) is 42.3 Å². The molecule has 2 aliphatic rings. The molecule has 158 valence electrons. The van der Waals surface area contributed by atoms with Crippen molar-refractivity contribution in [1.29, 1.82) is 0 Å². The molecule has 0 saturated carbocycles. The third-order valence-corrected chi connectivity index (χ3v) is 5.76. The second-order valence-electron chi connectivity index (χ2n) is 7.61. The average molecular weight is 428 g/mol. The highest BCUT2D eigenvalue weighted by molar-refractivity contribution is 6.22. The number of hydrogen-bond donors (Lipinski definition) is 1. The van der Waals surface area contributed by atoms with E-state index in [1.54, 1.807) is 18.2 Å². The number of halogens is 1. The van der Waals surface area contributed by atoms with E-state index in [2.05, 4.69) is 5.32 Å². The minimum atomic E-state index is -0.316. The van der Waals surface area contributed by atoms with Gasteiger partial charge in [-0.3, -0.25) is 19.3 Å². The SMILES string of the molecule is CNCC1CCCN1C(=O)c1ccc2c(c1)C(=O)N(CCc1ccccc1)C2=O.Cl. The molecule has 0 aliphatic carbocycles. The molecule has 30 heavy (non-hydrogen) atoms. The van der Waals surface area contributed by atoms with Crippen LogP contribution >= 0.6 is 12.4 Å². The standard InChI is InChI=1S/C23H25N3O3.ClH/c1-24-15-18-8-5-12-25(18)21(27)17-9-10-19-20(14-17)23(29)26(22(19)28)13-11-16-6-3-2-4-7-16;/h2-4,6-7,9-10,14,18,24H,5,8,11-13,15H2,1H3;1H. The predicted molar refractivity (Wildman–Crippen MR) is 117 cm³/mol. The zero-order valence-corrected chi connectivity index (χ0v) is 17.8. The molecule has 4 rings (SSSR count). The summed E-state index contributed by atoms with van der Waals surface area (Å²) in [6.45, 7) is 1.80. The Kier molecular flexibility index (Phi) is 6.90. The Morgan fingerprint density at radius 2 is 1.80 bits per heavy atom. The van der Waals surface area contributed by atoms with E-state index < -0.39 is 0 Å². The van der Waals surface area contributed by atoms with E-state index in [9.17, 15) is 14.4 Å². The van der Waals surface area contributed by atoms with Crippen LogP contribution in [0.4, 0.5) is 0 Å². The number of hydrogen-bond acceptors (Lipinski definition) is 4. The Balaban J connectivity index is 0.00000256. The summed E-state index contributed by atoms with van der Waals surface area (Å²) >= 11 is 0. The van der Waals surface area contributed by atoms with E-state index in [0.717, 1.165) is 31.5 Å². The van der Waals surface area contributed by atoms with Gasteiger partial charge in [-0.05, 0) is 50.1 Å². The van der Waals surface area contributed by atoms with E-state index in [-0.39, 0.29) is 36.2 Å². The van der Waals surface area contributed by atoms with Crippen molar-refractivity contribution in [3.8, 4) is 0 Å². The van der Waals surface area contributed by atoms with Gasteiger partial charge in [-0.1, -0.05) is 30.3 Å². The van der Waals surface area contributed by atoms with Crippen LogP contribution in [0, 0.1) is 0 Å². The summed E-state index contributed by atoms with van der Waals surface area (Å²) in [5.74, 6) is -0.675. The van der Waals surface area contributed by atoms with E-state index >= 15 is 0 Å². The maximum Gasteiger partial charge on any atom is 0.261 e. The quantitative estimate of drug-likeness (QED) is 0.720. The third-order valence-electron chi connectivity index (χ3n) is 5.76. The number of benzene rings is 2. The second-order valence-corrected chi connectivity index (χ2v) is 7.61. The number of imide groups is 1. The van der Waals surface area contributed by atoms with Crippen molar-refractivity contribution in [2.24, 2.45) is 0 Å². The molecule has 2 aromatic carbocycles. The highest BCUT2D eigenvalue weighted by atomic mass is 35.5. The Bertz CT molecular complexity index is 948. The van der Waals surface area contributed by atoms with Crippen LogP contribution in [0.3, 0.4) is 0 Å². The van der Waals surface area contributed by atoms with E-state index in [1.165, 1.54) is 4.90 Å². The van der Waals surface area contributed by atoms with Gasteiger partial charge in [-0.2, -0.15) is 0 Å². The van der Waals surface area contributed by atoms with Crippen LogP contribution in [0.1, 0.15) is 49.5 Å². The topological polar surface area (TPSA) is 69.7 Å². The number of carbonyl (C=O) groups excluding carboxylic acids is 3. The number of amides is 3.